The SMILES string of the molecule is CN(C)S(=O)(=O)c1ccc(N2CCCCC2)c(C(=O)NC2CCCCC2)c1. The lowest BCUT2D eigenvalue weighted by molar-refractivity contribution is 0.0928. The third kappa shape index (κ3) is 4.63. The van der Waals surface area contributed by atoms with Crippen molar-refractivity contribution >= 4 is 21.6 Å². The molecule has 1 aromatic carbocycles. The first-order valence-corrected chi connectivity index (χ1v) is 11.5. The molecule has 0 spiro atoms. The smallest absolute Gasteiger partial charge is 0.253 e. The van der Waals surface area contributed by atoms with Crippen LogP contribution in [0.5, 0.6) is 0 Å². The van der Waals surface area contributed by atoms with Gasteiger partial charge >= 0.3 is 0 Å². The van der Waals surface area contributed by atoms with Crippen LogP contribution in [-0.4, -0.2) is 51.9 Å². The van der Waals surface area contributed by atoms with Gasteiger partial charge in [0.15, 0.2) is 0 Å². The van der Waals surface area contributed by atoms with Crippen molar-refractivity contribution in [3.05, 3.63) is 23.8 Å². The van der Waals surface area contributed by atoms with E-state index in [0.29, 0.717) is 5.56 Å². The normalized spacial score (nSPS) is 19.3. The van der Waals surface area contributed by atoms with Crippen molar-refractivity contribution in [3.8, 4) is 0 Å². The Kier molecular flexibility index (Phi) is 6.42. The predicted molar refractivity (Wildman–Crippen MR) is 108 cm³/mol. The Morgan fingerprint density at radius 1 is 1.04 bits per heavy atom. The van der Waals surface area contributed by atoms with E-state index in [4.69, 9.17) is 0 Å². The second-order valence-corrected chi connectivity index (χ2v) is 9.97. The molecular formula is C20H31N3O3S. The number of nitrogens with zero attached hydrogens (tertiary/aromatic N) is 2. The maximum atomic E-state index is 13.1. The van der Waals surface area contributed by atoms with Crippen molar-refractivity contribution < 1.29 is 13.2 Å². The fourth-order valence-electron chi connectivity index (χ4n) is 3.99. The molecule has 27 heavy (non-hydrogen) atoms. The van der Waals surface area contributed by atoms with Gasteiger partial charge in [-0.15, -0.1) is 0 Å². The number of sulfonamides is 1. The molecule has 0 aromatic heterocycles. The summed E-state index contributed by atoms with van der Waals surface area (Å²) in [6.45, 7) is 1.81. The van der Waals surface area contributed by atoms with Gasteiger partial charge in [-0.05, 0) is 50.3 Å². The third-order valence-electron chi connectivity index (χ3n) is 5.63. The molecule has 7 heteroatoms. The average molecular weight is 394 g/mol. The van der Waals surface area contributed by atoms with Gasteiger partial charge in [-0.3, -0.25) is 4.79 Å². The summed E-state index contributed by atoms with van der Waals surface area (Å²) in [6, 6.07) is 5.17. The fourth-order valence-corrected chi connectivity index (χ4v) is 4.92. The molecular weight excluding hydrogens is 362 g/mol. The lowest BCUT2D eigenvalue weighted by Gasteiger charge is -2.31. The minimum Gasteiger partial charge on any atom is -0.371 e. The van der Waals surface area contributed by atoms with Crippen LogP contribution < -0.4 is 10.2 Å². The zero-order valence-electron chi connectivity index (χ0n) is 16.4. The highest BCUT2D eigenvalue weighted by atomic mass is 32.2. The molecule has 1 N–H and O–H groups in total. The standard InChI is InChI=1S/C20H31N3O3S/c1-22(2)27(25,26)17-11-12-19(23-13-7-4-8-14-23)18(15-17)20(24)21-16-9-5-3-6-10-16/h11-12,15-16H,3-10,13-14H2,1-2H3,(H,21,24). The van der Waals surface area contributed by atoms with Gasteiger partial charge in [0.05, 0.1) is 10.5 Å². The molecule has 0 atom stereocenters. The van der Waals surface area contributed by atoms with E-state index in [2.05, 4.69) is 10.2 Å². The van der Waals surface area contributed by atoms with Crippen LogP contribution in [0.15, 0.2) is 23.1 Å². The number of benzene rings is 1. The minimum atomic E-state index is -3.58. The van der Waals surface area contributed by atoms with Crippen molar-refractivity contribution in [2.24, 2.45) is 0 Å². The van der Waals surface area contributed by atoms with E-state index in [1.54, 1.807) is 18.2 Å². The van der Waals surface area contributed by atoms with E-state index in [1.807, 2.05) is 0 Å². The molecule has 2 aliphatic rings. The molecule has 0 bridgehead atoms. The van der Waals surface area contributed by atoms with E-state index in [0.717, 1.165) is 57.3 Å². The molecule has 1 aromatic rings. The highest BCUT2D eigenvalue weighted by Crippen LogP contribution is 2.28. The van der Waals surface area contributed by atoms with Gasteiger partial charge in [-0.2, -0.15) is 0 Å². The van der Waals surface area contributed by atoms with E-state index in [-0.39, 0.29) is 16.8 Å². The summed E-state index contributed by atoms with van der Waals surface area (Å²) in [5, 5.41) is 3.15. The summed E-state index contributed by atoms with van der Waals surface area (Å²) < 4.78 is 26.3. The van der Waals surface area contributed by atoms with E-state index in [9.17, 15) is 13.2 Å². The molecule has 1 amide bonds. The molecule has 1 aliphatic heterocycles. The van der Waals surface area contributed by atoms with Crippen LogP contribution in [-0.2, 0) is 10.0 Å². The van der Waals surface area contributed by atoms with Crippen LogP contribution in [0.3, 0.4) is 0 Å². The van der Waals surface area contributed by atoms with Crippen LogP contribution in [0.4, 0.5) is 5.69 Å². The third-order valence-corrected chi connectivity index (χ3v) is 7.44. The average Bonchev–Trinajstić information content (AvgIpc) is 2.68. The largest absolute Gasteiger partial charge is 0.371 e. The molecule has 1 saturated carbocycles. The number of nitrogens with one attached hydrogen (secondary N) is 1. The summed E-state index contributed by atoms with van der Waals surface area (Å²) in [5.41, 5.74) is 1.33. The molecule has 1 saturated heterocycles. The lowest BCUT2D eigenvalue weighted by Crippen LogP contribution is -2.38. The number of carbonyl (C=O) groups excluding carboxylic acids is 1. The Bertz CT molecular complexity index is 765. The van der Waals surface area contributed by atoms with Crippen LogP contribution in [0.2, 0.25) is 0 Å². The molecule has 0 radical (unpaired) electrons. The van der Waals surface area contributed by atoms with Crippen LogP contribution >= 0.6 is 0 Å². The summed E-state index contributed by atoms with van der Waals surface area (Å²) in [5.74, 6) is -0.154. The van der Waals surface area contributed by atoms with Crippen molar-refractivity contribution in [3.63, 3.8) is 0 Å². The van der Waals surface area contributed by atoms with Crippen molar-refractivity contribution in [2.45, 2.75) is 62.3 Å². The van der Waals surface area contributed by atoms with Gasteiger partial charge in [-0.25, -0.2) is 12.7 Å². The molecule has 6 nitrogen and oxygen atoms in total. The number of anilines is 1. The number of hydrogen-bond acceptors (Lipinski definition) is 4. The Morgan fingerprint density at radius 3 is 2.30 bits per heavy atom. The van der Waals surface area contributed by atoms with Gasteiger partial charge in [-0.1, -0.05) is 19.3 Å². The Balaban J connectivity index is 1.94. The maximum absolute atomic E-state index is 13.1. The Labute approximate surface area is 163 Å². The Hall–Kier alpha value is -1.60. The number of hydrogen-bond donors (Lipinski definition) is 1. The molecule has 1 aliphatic carbocycles. The fraction of sp³-hybridized carbons (Fsp3) is 0.650. The predicted octanol–water partition coefficient (Wildman–Crippen LogP) is 2.99. The van der Waals surface area contributed by atoms with Crippen molar-refractivity contribution in [1.82, 2.24) is 9.62 Å². The molecule has 150 valence electrons. The van der Waals surface area contributed by atoms with Crippen molar-refractivity contribution in [1.29, 1.82) is 0 Å². The molecule has 2 fully saturated rings. The number of piperidine rings is 1. The van der Waals surface area contributed by atoms with E-state index < -0.39 is 10.0 Å². The monoisotopic (exact) mass is 393 g/mol. The Morgan fingerprint density at radius 2 is 1.67 bits per heavy atom. The van der Waals surface area contributed by atoms with Gasteiger partial charge in [0, 0.05) is 38.9 Å². The molecule has 3 rings (SSSR count). The van der Waals surface area contributed by atoms with Crippen LogP contribution in [0, 0.1) is 0 Å². The first-order chi connectivity index (χ1) is 12.9. The summed E-state index contributed by atoms with van der Waals surface area (Å²) >= 11 is 0. The highest BCUT2D eigenvalue weighted by Gasteiger charge is 2.25. The number of amides is 1. The van der Waals surface area contributed by atoms with Crippen molar-refractivity contribution in [2.75, 3.05) is 32.1 Å². The lowest BCUT2D eigenvalue weighted by atomic mass is 9.95. The zero-order chi connectivity index (χ0) is 19.4. The van der Waals surface area contributed by atoms with Gasteiger partial charge in [0.2, 0.25) is 10.0 Å². The van der Waals surface area contributed by atoms with Crippen LogP contribution in [0.1, 0.15) is 61.7 Å². The quantitative estimate of drug-likeness (QED) is 0.835. The zero-order valence-corrected chi connectivity index (χ0v) is 17.2. The summed E-state index contributed by atoms with van der Waals surface area (Å²) in [7, 11) is -0.560. The van der Waals surface area contributed by atoms with Gasteiger partial charge in [0.25, 0.3) is 5.91 Å². The number of rotatable bonds is 5. The second-order valence-electron chi connectivity index (χ2n) is 7.82. The van der Waals surface area contributed by atoms with E-state index in [1.165, 1.54) is 31.2 Å². The molecule has 0 unspecified atom stereocenters. The first-order valence-electron chi connectivity index (χ1n) is 10.0. The van der Waals surface area contributed by atoms with E-state index >= 15 is 0 Å². The van der Waals surface area contributed by atoms with Gasteiger partial charge < -0.3 is 10.2 Å². The minimum absolute atomic E-state index is 0.154. The first kappa shape index (κ1) is 20.1. The van der Waals surface area contributed by atoms with Gasteiger partial charge in [0.1, 0.15) is 0 Å². The maximum Gasteiger partial charge on any atom is 0.253 e. The van der Waals surface area contributed by atoms with Crippen LogP contribution in [0.25, 0.3) is 0 Å². The highest BCUT2D eigenvalue weighted by molar-refractivity contribution is 7.89. The molecule has 1 heterocycles. The topological polar surface area (TPSA) is 69.7 Å². The summed E-state index contributed by atoms with van der Waals surface area (Å²) in [4.78, 5) is 15.5. The second kappa shape index (κ2) is 8.61. The number of carbonyl (C=O) groups is 1. The summed E-state index contributed by atoms with van der Waals surface area (Å²) in [6.07, 6.45) is 8.90.